The van der Waals surface area contributed by atoms with Gasteiger partial charge in [-0.15, -0.1) is 0 Å². The van der Waals surface area contributed by atoms with Gasteiger partial charge >= 0.3 is 0 Å². The van der Waals surface area contributed by atoms with Gasteiger partial charge in [0.25, 0.3) is 5.56 Å². The van der Waals surface area contributed by atoms with Crippen LogP contribution in [-0.2, 0) is 11.2 Å². The number of nitrogens with one attached hydrogen (secondary N) is 1. The van der Waals surface area contributed by atoms with Crippen molar-refractivity contribution >= 4 is 11.5 Å². The van der Waals surface area contributed by atoms with Crippen LogP contribution in [0.4, 0.5) is 11.5 Å². The zero-order valence-corrected chi connectivity index (χ0v) is 16.2. The predicted octanol–water partition coefficient (Wildman–Crippen LogP) is 3.06. The van der Waals surface area contributed by atoms with E-state index in [1.807, 2.05) is 0 Å². The summed E-state index contributed by atoms with van der Waals surface area (Å²) in [4.78, 5) is 20.2. The van der Waals surface area contributed by atoms with E-state index < -0.39 is 0 Å². The molecule has 1 aromatic heterocycles. The Labute approximate surface area is 161 Å². The highest BCUT2D eigenvalue weighted by molar-refractivity contribution is 5.57. The third-order valence-electron chi connectivity index (χ3n) is 5.96. The monoisotopic (exact) mass is 367 g/mol. The molecule has 0 radical (unpaired) electrons. The number of H-pyrrole nitrogens is 1. The van der Waals surface area contributed by atoms with Crippen molar-refractivity contribution in [3.63, 3.8) is 0 Å². The zero-order valence-electron chi connectivity index (χ0n) is 16.2. The molecule has 3 heterocycles. The summed E-state index contributed by atoms with van der Waals surface area (Å²) in [5, 5.41) is 0. The van der Waals surface area contributed by atoms with E-state index in [0.29, 0.717) is 18.0 Å². The first-order valence-corrected chi connectivity index (χ1v) is 10.0. The number of nitrogens with zero attached hydrogens (tertiary/aromatic N) is 2. The highest BCUT2D eigenvalue weighted by atomic mass is 16.5. The van der Waals surface area contributed by atoms with Crippen LogP contribution in [-0.4, -0.2) is 43.4 Å². The minimum absolute atomic E-state index is 0.0285. The lowest BCUT2D eigenvalue weighted by atomic mass is 9.95. The van der Waals surface area contributed by atoms with E-state index in [1.54, 1.807) is 6.07 Å². The number of anilines is 2. The van der Waals surface area contributed by atoms with Crippen LogP contribution < -0.4 is 15.4 Å². The van der Waals surface area contributed by atoms with E-state index in [4.69, 9.17) is 4.74 Å². The van der Waals surface area contributed by atoms with Gasteiger partial charge in [-0.05, 0) is 31.2 Å². The standard InChI is InChI=1S/C22H29N3O2/c1-16-12-17(2)25(20(16)13-18-6-4-3-5-7-18)21-14-19(15-22(26)23-21)24-8-10-27-11-9-24/h3-7,14-17,20H,8-13H2,1-2H3,(H,23,26)/t16-,17+,20+/m0/s1. The largest absolute Gasteiger partial charge is 0.378 e. The molecule has 27 heavy (non-hydrogen) atoms. The predicted molar refractivity (Wildman–Crippen MR) is 110 cm³/mol. The number of aromatic amines is 1. The fourth-order valence-corrected chi connectivity index (χ4v) is 4.64. The van der Waals surface area contributed by atoms with Crippen molar-refractivity contribution in [3.8, 4) is 0 Å². The molecule has 1 N–H and O–H groups in total. The summed E-state index contributed by atoms with van der Waals surface area (Å²) in [7, 11) is 0. The summed E-state index contributed by atoms with van der Waals surface area (Å²) in [6, 6.07) is 15.3. The fraction of sp³-hybridized carbons (Fsp3) is 0.500. The minimum atomic E-state index is -0.0285. The molecule has 5 heteroatoms. The van der Waals surface area contributed by atoms with Crippen molar-refractivity contribution < 1.29 is 4.74 Å². The van der Waals surface area contributed by atoms with E-state index in [0.717, 1.165) is 50.7 Å². The summed E-state index contributed by atoms with van der Waals surface area (Å²) in [6.45, 7) is 7.70. The van der Waals surface area contributed by atoms with Crippen LogP contribution in [0.5, 0.6) is 0 Å². The number of hydrogen-bond donors (Lipinski definition) is 1. The van der Waals surface area contributed by atoms with Crippen LogP contribution in [0.1, 0.15) is 25.8 Å². The minimum Gasteiger partial charge on any atom is -0.378 e. The Balaban J connectivity index is 1.65. The Morgan fingerprint density at radius 3 is 2.59 bits per heavy atom. The molecule has 0 amide bonds. The number of rotatable bonds is 4. The van der Waals surface area contributed by atoms with Crippen LogP contribution in [0, 0.1) is 5.92 Å². The van der Waals surface area contributed by atoms with Gasteiger partial charge in [0.05, 0.1) is 13.2 Å². The molecule has 0 unspecified atom stereocenters. The molecule has 3 atom stereocenters. The van der Waals surface area contributed by atoms with Gasteiger partial charge in [-0.25, -0.2) is 0 Å². The topological polar surface area (TPSA) is 48.6 Å². The van der Waals surface area contributed by atoms with Crippen molar-refractivity contribution in [2.24, 2.45) is 5.92 Å². The molecule has 2 aromatic rings. The van der Waals surface area contributed by atoms with Gasteiger partial charge in [0.1, 0.15) is 5.82 Å². The van der Waals surface area contributed by atoms with E-state index in [9.17, 15) is 4.79 Å². The molecule has 2 aliphatic heterocycles. The summed E-state index contributed by atoms with van der Waals surface area (Å²) in [6.07, 6.45) is 2.14. The SMILES string of the molecule is C[C@@H]1C[C@H](C)[C@@H](Cc2ccccc2)N1c1cc(N2CCOCC2)cc(=O)[nH]1. The average molecular weight is 367 g/mol. The fourth-order valence-electron chi connectivity index (χ4n) is 4.64. The Morgan fingerprint density at radius 2 is 1.85 bits per heavy atom. The first-order chi connectivity index (χ1) is 13.1. The first-order valence-electron chi connectivity index (χ1n) is 10.0. The molecule has 0 saturated carbocycles. The second-order valence-corrected chi connectivity index (χ2v) is 7.91. The lowest BCUT2D eigenvalue weighted by Gasteiger charge is -2.34. The Bertz CT molecular complexity index is 814. The van der Waals surface area contributed by atoms with E-state index >= 15 is 0 Å². The second kappa shape index (κ2) is 7.77. The third kappa shape index (κ3) is 3.88. The molecule has 0 aliphatic carbocycles. The van der Waals surface area contributed by atoms with Crippen LogP contribution in [0.3, 0.4) is 0 Å². The maximum atomic E-state index is 12.4. The van der Waals surface area contributed by atoms with Gasteiger partial charge in [0.15, 0.2) is 0 Å². The molecule has 0 bridgehead atoms. The summed E-state index contributed by atoms with van der Waals surface area (Å²) >= 11 is 0. The highest BCUT2D eigenvalue weighted by Gasteiger charge is 2.37. The number of pyridine rings is 1. The van der Waals surface area contributed by atoms with Gasteiger partial charge in [0, 0.05) is 43.0 Å². The van der Waals surface area contributed by atoms with Gasteiger partial charge in [-0.2, -0.15) is 0 Å². The summed E-state index contributed by atoms with van der Waals surface area (Å²) in [5.74, 6) is 1.53. The van der Waals surface area contributed by atoms with Crippen molar-refractivity contribution in [1.82, 2.24) is 4.98 Å². The first kappa shape index (κ1) is 18.1. The lowest BCUT2D eigenvalue weighted by molar-refractivity contribution is 0.122. The summed E-state index contributed by atoms with van der Waals surface area (Å²) in [5.41, 5.74) is 2.32. The maximum absolute atomic E-state index is 12.4. The van der Waals surface area contributed by atoms with Crippen molar-refractivity contribution in [3.05, 3.63) is 58.4 Å². The quantitative estimate of drug-likeness (QED) is 0.902. The number of aromatic nitrogens is 1. The molecule has 2 saturated heterocycles. The average Bonchev–Trinajstić information content (AvgIpc) is 2.96. The number of benzene rings is 1. The second-order valence-electron chi connectivity index (χ2n) is 7.91. The van der Waals surface area contributed by atoms with Crippen LogP contribution >= 0.6 is 0 Å². The molecule has 2 aliphatic rings. The van der Waals surface area contributed by atoms with Gasteiger partial charge in [-0.1, -0.05) is 37.3 Å². The van der Waals surface area contributed by atoms with Crippen molar-refractivity contribution in [2.45, 2.75) is 38.8 Å². The molecular weight excluding hydrogens is 338 g/mol. The number of morpholine rings is 1. The van der Waals surface area contributed by atoms with Gasteiger partial charge in [0.2, 0.25) is 0 Å². The zero-order chi connectivity index (χ0) is 18.8. The molecule has 4 rings (SSSR count). The van der Waals surface area contributed by atoms with Crippen LogP contribution in [0.2, 0.25) is 0 Å². The molecule has 2 fully saturated rings. The Morgan fingerprint density at radius 1 is 1.11 bits per heavy atom. The molecule has 1 aromatic carbocycles. The smallest absolute Gasteiger partial charge is 0.251 e. The van der Waals surface area contributed by atoms with Gasteiger partial charge < -0.3 is 19.5 Å². The van der Waals surface area contributed by atoms with Crippen molar-refractivity contribution in [2.75, 3.05) is 36.1 Å². The third-order valence-corrected chi connectivity index (χ3v) is 5.96. The molecular formula is C22H29N3O2. The van der Waals surface area contributed by atoms with E-state index in [2.05, 4.69) is 65.0 Å². The van der Waals surface area contributed by atoms with Gasteiger partial charge in [-0.3, -0.25) is 4.79 Å². The van der Waals surface area contributed by atoms with E-state index in [-0.39, 0.29) is 5.56 Å². The van der Waals surface area contributed by atoms with Crippen molar-refractivity contribution in [1.29, 1.82) is 0 Å². The lowest BCUT2D eigenvalue weighted by Crippen LogP contribution is -2.40. The summed E-state index contributed by atoms with van der Waals surface area (Å²) < 4.78 is 5.46. The maximum Gasteiger partial charge on any atom is 0.251 e. The van der Waals surface area contributed by atoms with Crippen LogP contribution in [0.25, 0.3) is 0 Å². The number of ether oxygens (including phenoxy) is 1. The van der Waals surface area contributed by atoms with E-state index in [1.165, 1.54) is 5.56 Å². The molecule has 144 valence electrons. The number of hydrogen-bond acceptors (Lipinski definition) is 4. The Kier molecular flexibility index (Phi) is 5.21. The Hall–Kier alpha value is -2.27. The highest BCUT2D eigenvalue weighted by Crippen LogP contribution is 2.35. The molecule has 0 spiro atoms. The molecule has 5 nitrogen and oxygen atoms in total. The normalized spacial score (nSPS) is 25.8. The van der Waals surface area contributed by atoms with Crippen LogP contribution in [0.15, 0.2) is 47.3 Å².